The number of sulfonamides is 1. The van der Waals surface area contributed by atoms with Gasteiger partial charge in [0, 0.05) is 25.7 Å². The molecule has 0 heterocycles. The summed E-state index contributed by atoms with van der Waals surface area (Å²) in [5.74, 6) is 0. The van der Waals surface area contributed by atoms with Crippen molar-refractivity contribution in [3.05, 3.63) is 29.3 Å². The summed E-state index contributed by atoms with van der Waals surface area (Å²) in [5.41, 5.74) is 1.85. The predicted octanol–water partition coefficient (Wildman–Crippen LogP) is 2.28. The highest BCUT2D eigenvalue weighted by Gasteiger charge is 2.24. The molecule has 0 unspecified atom stereocenters. The van der Waals surface area contributed by atoms with Gasteiger partial charge in [-0.25, -0.2) is 8.42 Å². The number of nitrogens with zero attached hydrogens (tertiary/aromatic N) is 1. The van der Waals surface area contributed by atoms with Crippen molar-refractivity contribution in [2.24, 2.45) is 0 Å². The second kappa shape index (κ2) is 6.24. The largest absolute Gasteiger partial charge is 0.310 e. The molecule has 0 bridgehead atoms. The van der Waals surface area contributed by atoms with E-state index in [0.717, 1.165) is 17.7 Å². The van der Waals surface area contributed by atoms with E-state index in [2.05, 4.69) is 5.32 Å². The summed E-state index contributed by atoms with van der Waals surface area (Å²) in [6, 6.07) is 6.35. The molecule has 0 aromatic heterocycles. The molecule has 1 N–H and O–H groups in total. The maximum atomic E-state index is 12.6. The van der Waals surface area contributed by atoms with Gasteiger partial charge in [-0.2, -0.15) is 4.31 Å². The second-order valence-electron chi connectivity index (χ2n) is 5.34. The summed E-state index contributed by atoms with van der Waals surface area (Å²) < 4.78 is 26.8. The van der Waals surface area contributed by atoms with Crippen molar-refractivity contribution in [2.75, 3.05) is 13.1 Å². The fraction of sp³-hybridized carbons (Fsp3) is 0.600. The summed E-state index contributed by atoms with van der Waals surface area (Å²) in [6.07, 6.45) is 2.47. The Labute approximate surface area is 122 Å². The molecule has 0 atom stereocenters. The Bertz CT molecular complexity index is 561. The van der Waals surface area contributed by atoms with Crippen molar-refractivity contribution in [3.63, 3.8) is 0 Å². The van der Waals surface area contributed by atoms with Gasteiger partial charge in [0.25, 0.3) is 0 Å². The monoisotopic (exact) mass is 296 g/mol. The first kappa shape index (κ1) is 15.5. The quantitative estimate of drug-likeness (QED) is 0.840. The summed E-state index contributed by atoms with van der Waals surface area (Å²) in [7, 11) is -3.37. The third-order valence-electron chi connectivity index (χ3n) is 3.75. The zero-order valence-corrected chi connectivity index (χ0v) is 13.3. The normalized spacial score (nSPS) is 15.8. The standard InChI is InChI=1S/C15H24N2O2S/c1-4-17(5-2)20(18,19)15-10-13(7-6-12(15)3)11-16-14-8-9-14/h6-7,10,14,16H,4-5,8-9,11H2,1-3H3. The SMILES string of the molecule is CCN(CC)S(=O)(=O)c1cc(CNC2CC2)ccc1C. The lowest BCUT2D eigenvalue weighted by molar-refractivity contribution is 0.444. The van der Waals surface area contributed by atoms with Crippen LogP contribution in [0.3, 0.4) is 0 Å². The van der Waals surface area contributed by atoms with Gasteiger partial charge in [0.05, 0.1) is 4.90 Å². The predicted molar refractivity (Wildman–Crippen MR) is 81.1 cm³/mol. The van der Waals surface area contributed by atoms with E-state index in [4.69, 9.17) is 0 Å². The van der Waals surface area contributed by atoms with Crippen molar-refractivity contribution in [1.29, 1.82) is 0 Å². The lowest BCUT2D eigenvalue weighted by atomic mass is 10.1. The topological polar surface area (TPSA) is 49.4 Å². The summed E-state index contributed by atoms with van der Waals surface area (Å²) >= 11 is 0. The zero-order chi connectivity index (χ0) is 14.8. The summed E-state index contributed by atoms with van der Waals surface area (Å²) in [5, 5.41) is 3.42. The van der Waals surface area contributed by atoms with Crippen LogP contribution in [0.4, 0.5) is 0 Å². The molecule has 0 radical (unpaired) electrons. The van der Waals surface area contributed by atoms with Crippen LogP contribution in [0, 0.1) is 6.92 Å². The van der Waals surface area contributed by atoms with Crippen LogP contribution in [-0.4, -0.2) is 31.9 Å². The highest BCUT2D eigenvalue weighted by atomic mass is 32.2. The van der Waals surface area contributed by atoms with E-state index in [1.54, 1.807) is 0 Å². The van der Waals surface area contributed by atoms with Crippen LogP contribution < -0.4 is 5.32 Å². The number of hydrogen-bond donors (Lipinski definition) is 1. The first-order valence-electron chi connectivity index (χ1n) is 7.32. The van der Waals surface area contributed by atoms with Crippen molar-refractivity contribution in [1.82, 2.24) is 9.62 Å². The van der Waals surface area contributed by atoms with Crippen LogP contribution in [0.2, 0.25) is 0 Å². The Morgan fingerprint density at radius 2 is 1.90 bits per heavy atom. The second-order valence-corrected chi connectivity index (χ2v) is 7.25. The number of benzene rings is 1. The van der Waals surface area contributed by atoms with Crippen molar-refractivity contribution in [3.8, 4) is 0 Å². The molecular weight excluding hydrogens is 272 g/mol. The molecule has 1 aliphatic carbocycles. The molecule has 112 valence electrons. The zero-order valence-electron chi connectivity index (χ0n) is 12.5. The number of aryl methyl sites for hydroxylation is 1. The molecule has 0 spiro atoms. The van der Waals surface area contributed by atoms with E-state index in [1.807, 2.05) is 39.0 Å². The number of nitrogens with one attached hydrogen (secondary N) is 1. The van der Waals surface area contributed by atoms with Gasteiger partial charge in [0.1, 0.15) is 0 Å². The minimum atomic E-state index is -3.37. The van der Waals surface area contributed by atoms with Gasteiger partial charge in [-0.1, -0.05) is 26.0 Å². The molecule has 1 aliphatic rings. The third kappa shape index (κ3) is 3.40. The van der Waals surface area contributed by atoms with Crippen LogP contribution in [0.1, 0.15) is 37.8 Å². The summed E-state index contributed by atoms with van der Waals surface area (Å²) in [6.45, 7) is 7.34. The van der Waals surface area contributed by atoms with Gasteiger partial charge < -0.3 is 5.32 Å². The van der Waals surface area contributed by atoms with Crippen LogP contribution in [0.25, 0.3) is 0 Å². The average molecular weight is 296 g/mol. The molecule has 1 fully saturated rings. The highest BCUT2D eigenvalue weighted by Crippen LogP contribution is 2.23. The Morgan fingerprint density at radius 1 is 1.25 bits per heavy atom. The molecule has 20 heavy (non-hydrogen) atoms. The molecular formula is C15H24N2O2S. The fourth-order valence-corrected chi connectivity index (χ4v) is 4.02. The first-order chi connectivity index (χ1) is 9.48. The van der Waals surface area contributed by atoms with E-state index < -0.39 is 10.0 Å². The first-order valence-corrected chi connectivity index (χ1v) is 8.76. The van der Waals surface area contributed by atoms with Gasteiger partial charge in [0.15, 0.2) is 0 Å². The van der Waals surface area contributed by atoms with Gasteiger partial charge in [0.2, 0.25) is 10.0 Å². The Kier molecular flexibility index (Phi) is 4.83. The minimum absolute atomic E-state index is 0.441. The molecule has 2 rings (SSSR count). The summed E-state index contributed by atoms with van der Waals surface area (Å²) in [4.78, 5) is 0.441. The molecule has 1 aromatic carbocycles. The van der Waals surface area contributed by atoms with E-state index in [1.165, 1.54) is 17.1 Å². The van der Waals surface area contributed by atoms with E-state index in [9.17, 15) is 8.42 Å². The average Bonchev–Trinajstić information content (AvgIpc) is 3.22. The maximum absolute atomic E-state index is 12.6. The lowest BCUT2D eigenvalue weighted by Gasteiger charge is -2.20. The molecule has 1 aromatic rings. The van der Waals surface area contributed by atoms with E-state index >= 15 is 0 Å². The van der Waals surface area contributed by atoms with Crippen LogP contribution in [0.15, 0.2) is 23.1 Å². The van der Waals surface area contributed by atoms with Gasteiger partial charge in [-0.05, 0) is 37.0 Å². The molecule has 0 amide bonds. The fourth-order valence-electron chi connectivity index (χ4n) is 2.28. The van der Waals surface area contributed by atoms with E-state index in [0.29, 0.717) is 24.0 Å². The Hall–Kier alpha value is -0.910. The molecule has 0 aliphatic heterocycles. The lowest BCUT2D eigenvalue weighted by Crippen LogP contribution is -2.31. The van der Waals surface area contributed by atoms with Gasteiger partial charge in [-0.15, -0.1) is 0 Å². The number of rotatable bonds is 7. The number of hydrogen-bond acceptors (Lipinski definition) is 3. The minimum Gasteiger partial charge on any atom is -0.310 e. The van der Waals surface area contributed by atoms with Gasteiger partial charge >= 0.3 is 0 Å². The van der Waals surface area contributed by atoms with Crippen molar-refractivity contribution in [2.45, 2.75) is 51.1 Å². The van der Waals surface area contributed by atoms with Crippen LogP contribution in [0.5, 0.6) is 0 Å². The third-order valence-corrected chi connectivity index (χ3v) is 5.94. The van der Waals surface area contributed by atoms with Gasteiger partial charge in [-0.3, -0.25) is 0 Å². The van der Waals surface area contributed by atoms with Crippen molar-refractivity contribution >= 4 is 10.0 Å². The van der Waals surface area contributed by atoms with E-state index in [-0.39, 0.29) is 0 Å². The maximum Gasteiger partial charge on any atom is 0.243 e. The van der Waals surface area contributed by atoms with Crippen LogP contribution >= 0.6 is 0 Å². The Balaban J connectivity index is 2.26. The molecule has 0 saturated heterocycles. The molecule has 4 nitrogen and oxygen atoms in total. The van der Waals surface area contributed by atoms with Crippen molar-refractivity contribution < 1.29 is 8.42 Å². The molecule has 1 saturated carbocycles. The smallest absolute Gasteiger partial charge is 0.243 e. The van der Waals surface area contributed by atoms with Crippen LogP contribution in [-0.2, 0) is 16.6 Å². The molecule has 5 heteroatoms. The Morgan fingerprint density at radius 3 is 2.45 bits per heavy atom. The highest BCUT2D eigenvalue weighted by molar-refractivity contribution is 7.89.